The molecule has 1 aliphatic rings. The molecule has 0 bridgehead atoms. The molecule has 1 heterocycles. The molecule has 1 saturated heterocycles. The van der Waals surface area contributed by atoms with Crippen molar-refractivity contribution in [2.45, 2.75) is 31.8 Å². The Kier molecular flexibility index (Phi) is 6.77. The molecular weight excluding hydrogens is 328 g/mol. The third-order valence-corrected chi connectivity index (χ3v) is 5.16. The van der Waals surface area contributed by atoms with Crippen LogP contribution in [-0.2, 0) is 21.2 Å². The van der Waals surface area contributed by atoms with Gasteiger partial charge in [-0.1, -0.05) is 30.3 Å². The summed E-state index contributed by atoms with van der Waals surface area (Å²) in [6, 6.07) is 9.91. The van der Waals surface area contributed by atoms with Crippen molar-refractivity contribution in [2.75, 3.05) is 25.9 Å². The third kappa shape index (κ3) is 6.22. The average Bonchev–Trinajstić information content (AvgIpc) is 2.54. The van der Waals surface area contributed by atoms with E-state index < -0.39 is 16.1 Å². The Morgan fingerprint density at radius 3 is 2.50 bits per heavy atom. The van der Waals surface area contributed by atoms with Crippen LogP contribution >= 0.6 is 0 Å². The maximum absolute atomic E-state index is 12.1. The van der Waals surface area contributed by atoms with E-state index in [1.807, 2.05) is 30.3 Å². The summed E-state index contributed by atoms with van der Waals surface area (Å²) in [4.78, 5) is 13.8. The largest absolute Gasteiger partial charge is 0.392 e. The minimum Gasteiger partial charge on any atom is -0.392 e. The van der Waals surface area contributed by atoms with Crippen molar-refractivity contribution in [2.24, 2.45) is 5.92 Å². The molecule has 1 aromatic rings. The number of sulfonamides is 1. The monoisotopic (exact) mass is 354 g/mol. The Hall–Kier alpha value is -1.44. The number of nitrogens with one attached hydrogen (secondary N) is 1. The molecule has 0 spiro atoms. The Balaban J connectivity index is 1.73. The van der Waals surface area contributed by atoms with Crippen molar-refractivity contribution >= 4 is 15.9 Å². The molecule has 0 aromatic heterocycles. The van der Waals surface area contributed by atoms with Gasteiger partial charge in [-0.15, -0.1) is 0 Å². The van der Waals surface area contributed by atoms with E-state index in [9.17, 15) is 18.3 Å². The number of aliphatic hydroxyl groups is 1. The molecule has 6 nitrogen and oxygen atoms in total. The van der Waals surface area contributed by atoms with E-state index in [4.69, 9.17) is 0 Å². The molecule has 1 fully saturated rings. The highest BCUT2D eigenvalue weighted by molar-refractivity contribution is 7.88. The number of likely N-dealkylation sites (tertiary alicyclic amines) is 1. The van der Waals surface area contributed by atoms with Crippen molar-refractivity contribution in [3.8, 4) is 0 Å². The van der Waals surface area contributed by atoms with E-state index in [0.717, 1.165) is 24.7 Å². The van der Waals surface area contributed by atoms with Crippen molar-refractivity contribution in [1.82, 2.24) is 9.62 Å². The summed E-state index contributed by atoms with van der Waals surface area (Å²) < 4.78 is 24.3. The second kappa shape index (κ2) is 8.60. The van der Waals surface area contributed by atoms with Crippen molar-refractivity contribution < 1.29 is 18.3 Å². The molecule has 134 valence electrons. The van der Waals surface area contributed by atoms with Gasteiger partial charge in [-0.25, -0.2) is 13.1 Å². The molecule has 1 amide bonds. The van der Waals surface area contributed by atoms with E-state index in [0.29, 0.717) is 19.5 Å². The van der Waals surface area contributed by atoms with Crippen molar-refractivity contribution in [1.29, 1.82) is 0 Å². The summed E-state index contributed by atoms with van der Waals surface area (Å²) in [7, 11) is -3.25. The van der Waals surface area contributed by atoms with Gasteiger partial charge < -0.3 is 10.0 Å². The average molecular weight is 354 g/mol. The summed E-state index contributed by atoms with van der Waals surface area (Å²) in [6.45, 7) is 1.37. The predicted octanol–water partition coefficient (Wildman–Crippen LogP) is 0.768. The number of piperidine rings is 1. The normalized spacial score (nSPS) is 17.7. The van der Waals surface area contributed by atoms with Gasteiger partial charge in [0.05, 0.1) is 12.4 Å². The lowest BCUT2D eigenvalue weighted by Crippen LogP contribution is -2.42. The van der Waals surface area contributed by atoms with Crippen LogP contribution in [0, 0.1) is 5.92 Å². The lowest BCUT2D eigenvalue weighted by molar-refractivity contribution is -0.133. The maximum atomic E-state index is 12.1. The lowest BCUT2D eigenvalue weighted by atomic mass is 9.88. The van der Waals surface area contributed by atoms with E-state index in [1.165, 1.54) is 0 Å². The quantitative estimate of drug-likeness (QED) is 0.757. The first-order valence-corrected chi connectivity index (χ1v) is 10.2. The molecule has 1 aliphatic heterocycles. The standard InChI is InChI=1S/C17H26N2O4S/c1-24(22,23)18-10-7-17(21)19-11-8-15(9-12-19)16(20)13-14-5-3-2-4-6-14/h2-6,15-16,18,20H,7-13H2,1H3. The van der Waals surface area contributed by atoms with E-state index in [2.05, 4.69) is 4.72 Å². The van der Waals surface area contributed by atoms with E-state index in [-0.39, 0.29) is 24.8 Å². The molecule has 0 aliphatic carbocycles. The van der Waals surface area contributed by atoms with Gasteiger partial charge in [-0.3, -0.25) is 4.79 Å². The second-order valence-corrected chi connectivity index (χ2v) is 8.22. The van der Waals surface area contributed by atoms with Gasteiger partial charge in [0.25, 0.3) is 0 Å². The van der Waals surface area contributed by atoms with Crippen LogP contribution in [0.25, 0.3) is 0 Å². The minimum atomic E-state index is -3.25. The fourth-order valence-corrected chi connectivity index (χ4v) is 3.53. The van der Waals surface area contributed by atoms with Gasteiger partial charge in [-0.2, -0.15) is 0 Å². The number of rotatable bonds is 7. The number of carbonyl (C=O) groups is 1. The highest BCUT2D eigenvalue weighted by atomic mass is 32.2. The van der Waals surface area contributed by atoms with Crippen LogP contribution in [-0.4, -0.2) is 56.3 Å². The molecular formula is C17H26N2O4S. The molecule has 0 saturated carbocycles. The summed E-state index contributed by atoms with van der Waals surface area (Å²) in [6.07, 6.45) is 3.05. The number of benzene rings is 1. The molecule has 7 heteroatoms. The Morgan fingerprint density at radius 2 is 1.92 bits per heavy atom. The first-order valence-electron chi connectivity index (χ1n) is 8.29. The first-order chi connectivity index (χ1) is 11.3. The van der Waals surface area contributed by atoms with E-state index in [1.54, 1.807) is 4.90 Å². The number of nitrogens with zero attached hydrogens (tertiary/aromatic N) is 1. The molecule has 24 heavy (non-hydrogen) atoms. The van der Waals surface area contributed by atoms with Crippen LogP contribution in [0.3, 0.4) is 0 Å². The fraction of sp³-hybridized carbons (Fsp3) is 0.588. The zero-order valence-corrected chi connectivity index (χ0v) is 14.8. The fourth-order valence-electron chi connectivity index (χ4n) is 3.06. The minimum absolute atomic E-state index is 0.0397. The number of aliphatic hydroxyl groups excluding tert-OH is 1. The van der Waals surface area contributed by atoms with Gasteiger partial charge in [0.1, 0.15) is 0 Å². The molecule has 1 atom stereocenters. The topological polar surface area (TPSA) is 86.7 Å². The van der Waals surface area contributed by atoms with Crippen LogP contribution in [0.4, 0.5) is 0 Å². The zero-order chi connectivity index (χ0) is 17.6. The maximum Gasteiger partial charge on any atom is 0.223 e. The Labute approximate surface area is 143 Å². The third-order valence-electron chi connectivity index (χ3n) is 4.43. The highest BCUT2D eigenvalue weighted by Crippen LogP contribution is 2.23. The van der Waals surface area contributed by atoms with Crippen molar-refractivity contribution in [3.05, 3.63) is 35.9 Å². The number of amides is 1. The van der Waals surface area contributed by atoms with E-state index >= 15 is 0 Å². The van der Waals surface area contributed by atoms with Crippen LogP contribution in [0.1, 0.15) is 24.8 Å². The smallest absolute Gasteiger partial charge is 0.223 e. The highest BCUT2D eigenvalue weighted by Gasteiger charge is 2.27. The predicted molar refractivity (Wildman–Crippen MR) is 92.9 cm³/mol. The first kappa shape index (κ1) is 18.9. The Morgan fingerprint density at radius 1 is 1.29 bits per heavy atom. The van der Waals surface area contributed by atoms with Gasteiger partial charge in [0.2, 0.25) is 15.9 Å². The molecule has 0 radical (unpaired) electrons. The van der Waals surface area contributed by atoms with Crippen LogP contribution in [0.2, 0.25) is 0 Å². The van der Waals surface area contributed by atoms with Gasteiger partial charge in [0.15, 0.2) is 0 Å². The van der Waals surface area contributed by atoms with Gasteiger partial charge in [-0.05, 0) is 30.7 Å². The van der Waals surface area contributed by atoms with Gasteiger partial charge >= 0.3 is 0 Å². The number of hydrogen-bond acceptors (Lipinski definition) is 4. The lowest BCUT2D eigenvalue weighted by Gasteiger charge is -2.34. The van der Waals surface area contributed by atoms with Crippen LogP contribution in [0.15, 0.2) is 30.3 Å². The Bertz CT molecular complexity index is 625. The summed E-state index contributed by atoms with van der Waals surface area (Å²) in [5.74, 6) is 0.158. The number of carbonyl (C=O) groups excluding carboxylic acids is 1. The van der Waals surface area contributed by atoms with Crippen LogP contribution in [0.5, 0.6) is 0 Å². The number of hydrogen-bond donors (Lipinski definition) is 2. The second-order valence-electron chi connectivity index (χ2n) is 6.39. The molecule has 2 rings (SSSR count). The summed E-state index contributed by atoms with van der Waals surface area (Å²) in [5.41, 5.74) is 1.12. The van der Waals surface area contributed by atoms with Gasteiger partial charge in [0, 0.05) is 26.1 Å². The zero-order valence-electron chi connectivity index (χ0n) is 14.0. The SMILES string of the molecule is CS(=O)(=O)NCCC(=O)N1CCC(C(O)Cc2ccccc2)CC1. The summed E-state index contributed by atoms with van der Waals surface area (Å²) >= 11 is 0. The molecule has 1 aromatic carbocycles. The summed E-state index contributed by atoms with van der Waals surface area (Å²) in [5, 5.41) is 10.4. The van der Waals surface area contributed by atoms with Crippen LogP contribution < -0.4 is 4.72 Å². The van der Waals surface area contributed by atoms with Crippen molar-refractivity contribution in [3.63, 3.8) is 0 Å². The molecule has 1 unspecified atom stereocenters. The molecule has 2 N–H and O–H groups in total.